The quantitative estimate of drug-likeness (QED) is 0.0962. The smallest absolute Gasteiger partial charge is 0.300 e. The number of carboxylic acids is 4. The third kappa shape index (κ3) is 91.5. The molecule has 0 aliphatic carbocycles. The van der Waals surface area contributed by atoms with Gasteiger partial charge in [0.05, 0.1) is 0 Å². The predicted octanol–water partition coefficient (Wildman–Crippen LogP) is 7.51. The van der Waals surface area contributed by atoms with Gasteiger partial charge >= 0.3 is 0 Å². The third-order valence-corrected chi connectivity index (χ3v) is 5.30. The fraction of sp³-hybridized carbons (Fsp3) is 0.833. The van der Waals surface area contributed by atoms with E-state index in [1.165, 1.54) is 103 Å². The molecule has 0 bridgehead atoms. The Morgan fingerprint density at radius 3 is 0.850 bits per heavy atom. The van der Waals surface area contributed by atoms with Crippen molar-refractivity contribution in [3.63, 3.8) is 0 Å². The highest BCUT2D eigenvalue weighted by Crippen LogP contribution is 2.16. The summed E-state index contributed by atoms with van der Waals surface area (Å²) in [4.78, 5) is 47.1. The summed E-state index contributed by atoms with van der Waals surface area (Å²) in [5, 5.41) is 29.7. The van der Waals surface area contributed by atoms with Crippen LogP contribution in [-0.4, -0.2) is 50.2 Å². The average Bonchev–Trinajstić information content (AvgIpc) is 2.79. The van der Waals surface area contributed by atoms with Crippen molar-refractivity contribution < 1.29 is 44.4 Å². The molecule has 1 atom stereocenters. The molecule has 1 amide bonds. The van der Waals surface area contributed by atoms with Crippen LogP contribution >= 0.6 is 0 Å². The minimum absolute atomic E-state index is 0.108. The Kier molecular flexibility index (Phi) is 48.1. The maximum absolute atomic E-state index is 11.1. The minimum Gasteiger partial charge on any atom is -0.481 e. The summed E-state index contributed by atoms with van der Waals surface area (Å²) in [6.45, 7) is 8.67. The molecule has 0 heterocycles. The lowest BCUT2D eigenvalue weighted by atomic mass is 9.97. The molecule has 6 N–H and O–H groups in total. The first-order valence-electron chi connectivity index (χ1n) is 14.7. The molecule has 10 nitrogen and oxygen atoms in total. The first-order chi connectivity index (χ1) is 18.6. The van der Waals surface area contributed by atoms with Gasteiger partial charge in [0, 0.05) is 33.6 Å². The molecule has 0 rings (SSSR count). The fourth-order valence-corrected chi connectivity index (χ4v) is 3.49. The van der Waals surface area contributed by atoms with E-state index in [0.717, 1.165) is 40.5 Å². The van der Waals surface area contributed by atoms with Crippen LogP contribution in [0.1, 0.15) is 157 Å². The Morgan fingerprint density at radius 2 is 0.675 bits per heavy atom. The zero-order chi connectivity index (χ0) is 32.2. The first kappa shape index (κ1) is 47.2. The Balaban J connectivity index is -0.000000207. The van der Waals surface area contributed by atoms with Crippen LogP contribution < -0.4 is 5.73 Å². The summed E-state index contributed by atoms with van der Waals surface area (Å²) in [6, 6.07) is 0. The number of hydrogen-bond donors (Lipinski definition) is 5. The van der Waals surface area contributed by atoms with Gasteiger partial charge in [0.1, 0.15) is 0 Å². The number of nitrogens with two attached hydrogens (primary N) is 1. The van der Waals surface area contributed by atoms with Crippen molar-refractivity contribution >= 4 is 29.8 Å². The molecule has 0 saturated carbocycles. The third-order valence-electron chi connectivity index (χ3n) is 5.30. The Hall–Kier alpha value is -2.65. The van der Waals surface area contributed by atoms with E-state index in [9.17, 15) is 4.79 Å². The maximum atomic E-state index is 11.1. The van der Waals surface area contributed by atoms with E-state index in [1.54, 1.807) is 0 Å². The Labute approximate surface area is 243 Å². The molecule has 0 aliphatic rings. The van der Waals surface area contributed by atoms with Gasteiger partial charge in [-0.15, -0.1) is 0 Å². The Bertz CT molecular complexity index is 532. The van der Waals surface area contributed by atoms with Crippen molar-refractivity contribution in [2.45, 2.75) is 157 Å². The molecule has 0 spiro atoms. The molecule has 40 heavy (non-hydrogen) atoms. The van der Waals surface area contributed by atoms with Gasteiger partial charge in [-0.05, 0) is 12.8 Å². The fourth-order valence-electron chi connectivity index (χ4n) is 3.49. The summed E-state index contributed by atoms with van der Waals surface area (Å²) < 4.78 is 0. The average molecular weight is 580 g/mol. The van der Waals surface area contributed by atoms with Crippen LogP contribution in [0.15, 0.2) is 0 Å². The molecule has 0 aliphatic heterocycles. The molecule has 0 aromatic heterocycles. The second-order valence-electron chi connectivity index (χ2n) is 9.68. The van der Waals surface area contributed by atoms with Crippen LogP contribution in [0.5, 0.6) is 0 Å². The van der Waals surface area contributed by atoms with Crippen molar-refractivity contribution in [2.24, 2.45) is 11.7 Å². The number of amides is 1. The lowest BCUT2D eigenvalue weighted by molar-refractivity contribution is -0.135. The van der Waals surface area contributed by atoms with Gasteiger partial charge in [-0.3, -0.25) is 24.0 Å². The lowest BCUT2D eigenvalue weighted by Crippen LogP contribution is -2.22. The number of primary amides is 1. The van der Waals surface area contributed by atoms with Gasteiger partial charge in [-0.25, -0.2) is 0 Å². The zero-order valence-electron chi connectivity index (χ0n) is 26.2. The van der Waals surface area contributed by atoms with E-state index in [1.807, 2.05) is 0 Å². The van der Waals surface area contributed by atoms with Crippen LogP contribution in [0.4, 0.5) is 0 Å². The molecule has 0 aromatic carbocycles. The van der Waals surface area contributed by atoms with Crippen molar-refractivity contribution in [1.82, 2.24) is 0 Å². The van der Waals surface area contributed by atoms with Crippen molar-refractivity contribution in [1.29, 1.82) is 0 Å². The van der Waals surface area contributed by atoms with Gasteiger partial charge in [-0.1, -0.05) is 117 Å². The highest BCUT2D eigenvalue weighted by Gasteiger charge is 2.11. The van der Waals surface area contributed by atoms with Gasteiger partial charge < -0.3 is 26.2 Å². The van der Waals surface area contributed by atoms with Crippen LogP contribution in [0.3, 0.4) is 0 Å². The SMILES string of the molecule is CC(=O)O.CC(=O)O.CC(=O)O.CC(=O)O.CCCCCCCCCCCCCCCCCCC(CC)C(N)=O. The van der Waals surface area contributed by atoms with Crippen molar-refractivity contribution in [3.05, 3.63) is 0 Å². The van der Waals surface area contributed by atoms with Gasteiger partial charge in [0.25, 0.3) is 23.9 Å². The molecule has 10 heteroatoms. The van der Waals surface area contributed by atoms with Crippen LogP contribution in [0.2, 0.25) is 0 Å². The van der Waals surface area contributed by atoms with Gasteiger partial charge in [0.15, 0.2) is 0 Å². The molecular weight excluding hydrogens is 518 g/mol. The molecule has 0 radical (unpaired) electrons. The number of hydrogen-bond acceptors (Lipinski definition) is 5. The highest BCUT2D eigenvalue weighted by molar-refractivity contribution is 5.76. The van der Waals surface area contributed by atoms with E-state index in [2.05, 4.69) is 13.8 Å². The van der Waals surface area contributed by atoms with Gasteiger partial charge in [0.2, 0.25) is 5.91 Å². The van der Waals surface area contributed by atoms with E-state index < -0.39 is 23.9 Å². The maximum Gasteiger partial charge on any atom is 0.300 e. The number of carbonyl (C=O) groups excluding carboxylic acids is 1. The molecule has 0 saturated heterocycles. The van der Waals surface area contributed by atoms with E-state index in [4.69, 9.17) is 45.3 Å². The summed E-state index contributed by atoms with van der Waals surface area (Å²) in [6.07, 6.45) is 24.1. The first-order valence-corrected chi connectivity index (χ1v) is 14.7. The summed E-state index contributed by atoms with van der Waals surface area (Å²) in [7, 11) is 0. The largest absolute Gasteiger partial charge is 0.481 e. The summed E-state index contributed by atoms with van der Waals surface area (Å²) >= 11 is 0. The summed E-state index contributed by atoms with van der Waals surface area (Å²) in [5.41, 5.74) is 5.37. The van der Waals surface area contributed by atoms with E-state index in [-0.39, 0.29) is 11.8 Å². The number of carboxylic acid groups (broad SMARTS) is 4. The normalized spacial score (nSPS) is 9.95. The zero-order valence-corrected chi connectivity index (χ0v) is 26.2. The molecule has 0 fully saturated rings. The topological polar surface area (TPSA) is 192 Å². The lowest BCUT2D eigenvalue weighted by Gasteiger charge is -2.09. The molecule has 1 unspecified atom stereocenters. The number of rotatable bonds is 19. The standard InChI is InChI=1S/C22H45NO.4C2H4O2/c1-3-5-6-7-8-9-10-11-12-13-14-15-16-17-18-19-20-21(4-2)22(23)24;4*1-2(3)4/h21H,3-20H2,1-2H3,(H2,23,24);4*1H3,(H,3,4). The predicted molar refractivity (Wildman–Crippen MR) is 160 cm³/mol. The summed E-state index contributed by atoms with van der Waals surface area (Å²) in [5.74, 6) is -3.34. The number of unbranched alkanes of at least 4 members (excludes halogenated alkanes) is 15. The highest BCUT2D eigenvalue weighted by atomic mass is 16.4. The van der Waals surface area contributed by atoms with E-state index in [0.29, 0.717) is 0 Å². The minimum atomic E-state index is -0.833. The van der Waals surface area contributed by atoms with Crippen LogP contribution in [-0.2, 0) is 24.0 Å². The number of carbonyl (C=O) groups is 5. The van der Waals surface area contributed by atoms with Crippen LogP contribution in [0, 0.1) is 5.92 Å². The van der Waals surface area contributed by atoms with Crippen LogP contribution in [0.25, 0.3) is 0 Å². The molecule has 0 aromatic rings. The van der Waals surface area contributed by atoms with Gasteiger partial charge in [-0.2, -0.15) is 0 Å². The molecular formula is C30H61NO9. The number of aliphatic carboxylic acids is 4. The monoisotopic (exact) mass is 579 g/mol. The van der Waals surface area contributed by atoms with E-state index >= 15 is 0 Å². The van der Waals surface area contributed by atoms with Crippen molar-refractivity contribution in [2.75, 3.05) is 0 Å². The Morgan fingerprint density at radius 1 is 0.475 bits per heavy atom. The molecule has 240 valence electrons. The van der Waals surface area contributed by atoms with Crippen molar-refractivity contribution in [3.8, 4) is 0 Å². The second-order valence-corrected chi connectivity index (χ2v) is 9.68. The second kappa shape index (κ2) is 40.8.